The first-order valence-electron chi connectivity index (χ1n) is 8.99. The van der Waals surface area contributed by atoms with Gasteiger partial charge in [-0.3, -0.25) is 14.5 Å². The summed E-state index contributed by atoms with van der Waals surface area (Å²) < 4.78 is 19.6. The van der Waals surface area contributed by atoms with Crippen molar-refractivity contribution >= 4 is 23.2 Å². The number of likely N-dealkylation sites (N-methyl/N-ethyl adjacent to an activating group) is 1. The third kappa shape index (κ3) is 4.03. The van der Waals surface area contributed by atoms with E-state index in [1.807, 2.05) is 6.92 Å². The Morgan fingerprint density at radius 1 is 1.50 bits per heavy atom. The van der Waals surface area contributed by atoms with Crippen LogP contribution in [0.25, 0.3) is 0 Å². The molecule has 3 rings (SSSR count). The lowest BCUT2D eigenvalue weighted by molar-refractivity contribution is -0.125. The molecule has 2 amide bonds. The first kappa shape index (κ1) is 18.8. The number of nitrogens with one attached hydrogen (secondary N) is 1. The minimum atomic E-state index is -0.583. The Bertz CT molecular complexity index is 680. The van der Waals surface area contributed by atoms with Gasteiger partial charge in [-0.25, -0.2) is 4.39 Å². The molecule has 1 aromatic carbocycles. The maximum Gasteiger partial charge on any atom is 0.253 e. The topological polar surface area (TPSA) is 87.9 Å². The number of benzene rings is 1. The molecule has 1 saturated carbocycles. The monoisotopic (exact) mass is 364 g/mol. The second kappa shape index (κ2) is 8.11. The molecule has 0 bridgehead atoms. The van der Waals surface area contributed by atoms with E-state index in [1.54, 1.807) is 6.07 Å². The van der Waals surface area contributed by atoms with Crippen molar-refractivity contribution in [2.75, 3.05) is 43.1 Å². The van der Waals surface area contributed by atoms with Crippen molar-refractivity contribution in [2.45, 2.75) is 31.8 Å². The Labute approximate surface area is 152 Å². The van der Waals surface area contributed by atoms with Gasteiger partial charge in [-0.2, -0.15) is 0 Å². The van der Waals surface area contributed by atoms with Crippen LogP contribution in [0.5, 0.6) is 0 Å². The molecule has 7 nitrogen and oxygen atoms in total. The molecule has 0 unspecified atom stereocenters. The highest BCUT2D eigenvalue weighted by molar-refractivity contribution is 5.97. The van der Waals surface area contributed by atoms with E-state index >= 15 is 0 Å². The van der Waals surface area contributed by atoms with Gasteiger partial charge in [-0.05, 0) is 37.6 Å². The van der Waals surface area contributed by atoms with Crippen LogP contribution in [-0.4, -0.2) is 61.6 Å². The van der Waals surface area contributed by atoms with Crippen molar-refractivity contribution in [3.8, 4) is 0 Å². The molecule has 1 atom stereocenters. The zero-order chi connectivity index (χ0) is 18.7. The molecule has 0 aromatic heterocycles. The third-order valence-corrected chi connectivity index (χ3v) is 4.82. The average molecular weight is 364 g/mol. The second-order valence-corrected chi connectivity index (χ2v) is 6.56. The van der Waals surface area contributed by atoms with Crippen molar-refractivity contribution in [3.05, 3.63) is 24.0 Å². The Hall–Kier alpha value is -2.03. The van der Waals surface area contributed by atoms with E-state index in [2.05, 4.69) is 10.2 Å². The maximum absolute atomic E-state index is 14.5. The van der Waals surface area contributed by atoms with Gasteiger partial charge in [-0.15, -0.1) is 0 Å². The molecule has 0 radical (unpaired) electrons. The molecule has 2 aliphatic rings. The Balaban J connectivity index is 1.71. The third-order valence-electron chi connectivity index (χ3n) is 4.82. The first-order valence-corrected chi connectivity index (χ1v) is 8.99. The fourth-order valence-corrected chi connectivity index (χ4v) is 3.31. The number of anilines is 2. The van der Waals surface area contributed by atoms with E-state index in [1.165, 1.54) is 17.0 Å². The van der Waals surface area contributed by atoms with E-state index in [0.717, 1.165) is 19.4 Å². The van der Waals surface area contributed by atoms with Gasteiger partial charge >= 0.3 is 0 Å². The summed E-state index contributed by atoms with van der Waals surface area (Å²) in [5.41, 5.74) is 6.34. The molecule has 2 fully saturated rings. The molecule has 3 N–H and O–H groups in total. The van der Waals surface area contributed by atoms with Crippen LogP contribution in [0.3, 0.4) is 0 Å². The maximum atomic E-state index is 14.5. The average Bonchev–Trinajstić information content (AvgIpc) is 3.46. The molecular weight excluding hydrogens is 339 g/mol. The number of hydrogen-bond acceptors (Lipinski definition) is 5. The Morgan fingerprint density at radius 2 is 2.27 bits per heavy atom. The highest BCUT2D eigenvalue weighted by atomic mass is 19.1. The van der Waals surface area contributed by atoms with E-state index < -0.39 is 11.9 Å². The van der Waals surface area contributed by atoms with Crippen LogP contribution >= 0.6 is 0 Å². The van der Waals surface area contributed by atoms with Crippen molar-refractivity contribution < 1.29 is 18.7 Å². The summed E-state index contributed by atoms with van der Waals surface area (Å²) in [6, 6.07) is 4.27. The number of nitrogens with zero attached hydrogens (tertiary/aromatic N) is 2. The molecule has 1 aliphatic carbocycles. The second-order valence-electron chi connectivity index (χ2n) is 6.56. The SMILES string of the molecule is CCN(C1CC1)[C@H](CN)C(=O)Nc1ccc(N2CCOCC2=O)cc1F. The van der Waals surface area contributed by atoms with Crippen LogP contribution in [0.1, 0.15) is 19.8 Å². The smallest absolute Gasteiger partial charge is 0.253 e. The molecule has 1 heterocycles. The highest BCUT2D eigenvalue weighted by Crippen LogP contribution is 2.29. The predicted molar refractivity (Wildman–Crippen MR) is 96.4 cm³/mol. The molecule has 1 aliphatic heterocycles. The largest absolute Gasteiger partial charge is 0.370 e. The molecule has 1 aromatic rings. The fourth-order valence-electron chi connectivity index (χ4n) is 3.31. The Morgan fingerprint density at radius 3 is 2.85 bits per heavy atom. The van der Waals surface area contributed by atoms with E-state index in [9.17, 15) is 14.0 Å². The summed E-state index contributed by atoms with van der Waals surface area (Å²) in [5.74, 6) is -1.10. The van der Waals surface area contributed by atoms with Crippen LogP contribution < -0.4 is 16.0 Å². The zero-order valence-corrected chi connectivity index (χ0v) is 14.9. The van der Waals surface area contributed by atoms with Crippen LogP contribution in [-0.2, 0) is 14.3 Å². The number of amides is 2. The molecule has 26 heavy (non-hydrogen) atoms. The summed E-state index contributed by atoms with van der Waals surface area (Å²) in [4.78, 5) is 28.0. The summed E-state index contributed by atoms with van der Waals surface area (Å²) >= 11 is 0. The molecule has 0 spiro atoms. The van der Waals surface area contributed by atoms with Crippen molar-refractivity contribution in [1.29, 1.82) is 0 Å². The number of hydrogen-bond donors (Lipinski definition) is 2. The number of ether oxygens (including phenoxy) is 1. The van der Waals surface area contributed by atoms with Gasteiger partial charge in [-0.1, -0.05) is 6.92 Å². The van der Waals surface area contributed by atoms with Crippen LogP contribution in [0.4, 0.5) is 15.8 Å². The number of carbonyl (C=O) groups is 2. The standard InChI is InChI=1S/C18H25FN4O3/c1-2-22(12-3-4-12)16(10-20)18(25)21-15-6-5-13(9-14(15)19)23-7-8-26-11-17(23)24/h5-6,9,12,16H,2-4,7-8,10-11,20H2,1H3,(H,21,25)/t16-/m1/s1. The summed E-state index contributed by atoms with van der Waals surface area (Å²) in [6.45, 7) is 3.68. The van der Waals surface area contributed by atoms with E-state index in [4.69, 9.17) is 10.5 Å². The lowest BCUT2D eigenvalue weighted by Gasteiger charge is -2.29. The number of morpholine rings is 1. The predicted octanol–water partition coefficient (Wildman–Crippen LogP) is 0.939. The summed E-state index contributed by atoms with van der Waals surface area (Å²) in [7, 11) is 0. The highest BCUT2D eigenvalue weighted by Gasteiger charge is 2.35. The van der Waals surface area contributed by atoms with E-state index in [-0.39, 0.29) is 30.7 Å². The summed E-state index contributed by atoms with van der Waals surface area (Å²) in [5, 5.41) is 2.64. The van der Waals surface area contributed by atoms with Gasteiger partial charge < -0.3 is 20.7 Å². The number of rotatable bonds is 7. The fraction of sp³-hybridized carbons (Fsp3) is 0.556. The molecular formula is C18H25FN4O3. The minimum Gasteiger partial charge on any atom is -0.370 e. The summed E-state index contributed by atoms with van der Waals surface area (Å²) in [6.07, 6.45) is 2.13. The minimum absolute atomic E-state index is 0.00763. The van der Waals surface area contributed by atoms with Gasteiger partial charge in [0.2, 0.25) is 5.91 Å². The van der Waals surface area contributed by atoms with Gasteiger partial charge in [0, 0.05) is 24.8 Å². The van der Waals surface area contributed by atoms with Gasteiger partial charge in [0.1, 0.15) is 18.5 Å². The Kier molecular flexibility index (Phi) is 5.85. The quantitative estimate of drug-likeness (QED) is 0.752. The normalized spacial score (nSPS) is 18.9. The van der Waals surface area contributed by atoms with Crippen molar-refractivity contribution in [3.63, 3.8) is 0 Å². The lowest BCUT2D eigenvalue weighted by Crippen LogP contribution is -2.49. The van der Waals surface area contributed by atoms with Crippen LogP contribution in [0, 0.1) is 5.82 Å². The van der Waals surface area contributed by atoms with Gasteiger partial charge in [0.05, 0.1) is 12.3 Å². The molecule has 8 heteroatoms. The number of carbonyl (C=O) groups excluding carboxylic acids is 2. The van der Waals surface area contributed by atoms with Crippen molar-refractivity contribution in [2.24, 2.45) is 5.73 Å². The molecule has 142 valence electrons. The van der Waals surface area contributed by atoms with Gasteiger partial charge in [0.25, 0.3) is 5.91 Å². The lowest BCUT2D eigenvalue weighted by atomic mass is 10.2. The number of nitrogens with two attached hydrogens (primary N) is 1. The van der Waals surface area contributed by atoms with Crippen molar-refractivity contribution in [1.82, 2.24) is 4.90 Å². The number of halogens is 1. The molecule has 1 saturated heterocycles. The first-order chi connectivity index (χ1) is 12.5. The van der Waals surface area contributed by atoms with Crippen LogP contribution in [0.2, 0.25) is 0 Å². The van der Waals surface area contributed by atoms with E-state index in [0.29, 0.717) is 24.9 Å². The van der Waals surface area contributed by atoms with Gasteiger partial charge in [0.15, 0.2) is 0 Å². The van der Waals surface area contributed by atoms with Crippen LogP contribution in [0.15, 0.2) is 18.2 Å². The zero-order valence-electron chi connectivity index (χ0n) is 14.9.